The minimum atomic E-state index is -4.62. The van der Waals surface area contributed by atoms with Crippen molar-refractivity contribution in [1.82, 2.24) is 4.90 Å². The summed E-state index contributed by atoms with van der Waals surface area (Å²) in [5, 5.41) is -0.521. The lowest BCUT2D eigenvalue weighted by Crippen LogP contribution is -2.45. The largest absolute Gasteiger partial charge is 0.462 e. The van der Waals surface area contributed by atoms with Crippen molar-refractivity contribution in [3.05, 3.63) is 34.3 Å². The first-order valence-electron chi connectivity index (χ1n) is 6.57. The van der Waals surface area contributed by atoms with Gasteiger partial charge in [-0.3, -0.25) is 4.79 Å². The van der Waals surface area contributed by atoms with Crippen LogP contribution in [0.5, 0.6) is 0 Å². The number of ether oxygens (including phenoxy) is 1. The van der Waals surface area contributed by atoms with Crippen molar-refractivity contribution in [1.29, 1.82) is 0 Å². The van der Waals surface area contributed by atoms with Gasteiger partial charge in [-0.05, 0) is 18.6 Å². The molecule has 23 heavy (non-hydrogen) atoms. The van der Waals surface area contributed by atoms with Crippen molar-refractivity contribution in [2.24, 2.45) is 5.73 Å². The van der Waals surface area contributed by atoms with E-state index in [0.29, 0.717) is 0 Å². The van der Waals surface area contributed by atoms with Gasteiger partial charge in [0.15, 0.2) is 0 Å². The first-order chi connectivity index (χ1) is 10.6. The molecule has 1 amide bonds. The third-order valence-electron chi connectivity index (χ3n) is 3.22. The van der Waals surface area contributed by atoms with Gasteiger partial charge < -0.3 is 15.4 Å². The summed E-state index contributed by atoms with van der Waals surface area (Å²) in [6.07, 6.45) is -4.62. The van der Waals surface area contributed by atoms with Crippen LogP contribution in [0.1, 0.15) is 18.1 Å². The normalized spacial score (nSPS) is 12.7. The number of nitrogens with two attached hydrogens (primary N) is 1. The maximum Gasteiger partial charge on any atom is 0.417 e. The highest BCUT2D eigenvalue weighted by molar-refractivity contribution is 6.33. The van der Waals surface area contributed by atoms with Crippen LogP contribution in [0.3, 0.4) is 0 Å². The maximum atomic E-state index is 12.9. The molecule has 128 valence electrons. The van der Waals surface area contributed by atoms with Gasteiger partial charge in [0.05, 0.1) is 17.7 Å². The SMILES string of the molecule is COC(=O)C(=O)N(Cc1cccc(C(F)(F)F)c1Cl)[C@@H](C)CN. The molecule has 1 aromatic rings. The number of rotatable bonds is 4. The fourth-order valence-electron chi connectivity index (χ4n) is 1.86. The fraction of sp³-hybridized carbons (Fsp3) is 0.429. The standard InChI is InChI=1S/C14H16ClF3N2O3/c1-8(6-19)20(12(21)13(22)23-2)7-9-4-3-5-10(11(9)15)14(16,17)18/h3-5,8H,6-7,19H2,1-2H3/t8-/m0/s1. The molecule has 0 unspecified atom stereocenters. The molecule has 0 aliphatic carbocycles. The molecule has 1 rings (SSSR count). The molecule has 9 heteroatoms. The molecule has 0 spiro atoms. The van der Waals surface area contributed by atoms with Gasteiger partial charge in [-0.15, -0.1) is 0 Å². The van der Waals surface area contributed by atoms with E-state index in [1.54, 1.807) is 6.92 Å². The summed E-state index contributed by atoms with van der Waals surface area (Å²) >= 11 is 5.80. The Kier molecular flexibility index (Phi) is 6.40. The number of hydrogen-bond donors (Lipinski definition) is 1. The zero-order valence-corrected chi connectivity index (χ0v) is 13.2. The van der Waals surface area contributed by atoms with Crippen molar-refractivity contribution >= 4 is 23.5 Å². The van der Waals surface area contributed by atoms with Gasteiger partial charge in [-0.1, -0.05) is 23.7 Å². The van der Waals surface area contributed by atoms with Crippen molar-refractivity contribution in [2.45, 2.75) is 25.7 Å². The molecule has 0 heterocycles. The number of alkyl halides is 3. The minimum Gasteiger partial charge on any atom is -0.462 e. The number of carbonyl (C=O) groups is 2. The van der Waals surface area contributed by atoms with Gasteiger partial charge in [0, 0.05) is 19.1 Å². The second-order valence-corrected chi connectivity index (χ2v) is 5.16. The molecule has 1 atom stereocenters. The number of methoxy groups -OCH3 is 1. The van der Waals surface area contributed by atoms with Crippen molar-refractivity contribution in [3.63, 3.8) is 0 Å². The zero-order chi connectivity index (χ0) is 17.8. The summed E-state index contributed by atoms with van der Waals surface area (Å²) in [5.41, 5.74) is 4.53. The number of nitrogens with zero attached hydrogens (tertiary/aromatic N) is 1. The molecule has 1 aromatic carbocycles. The Hall–Kier alpha value is -1.80. The Morgan fingerprint density at radius 1 is 1.39 bits per heavy atom. The molecule has 5 nitrogen and oxygen atoms in total. The second-order valence-electron chi connectivity index (χ2n) is 4.79. The van der Waals surface area contributed by atoms with E-state index in [0.717, 1.165) is 18.1 Å². The van der Waals surface area contributed by atoms with E-state index in [1.807, 2.05) is 0 Å². The van der Waals surface area contributed by atoms with Crippen LogP contribution < -0.4 is 5.73 Å². The lowest BCUT2D eigenvalue weighted by molar-refractivity contribution is -0.159. The molecule has 0 aliphatic heterocycles. The summed E-state index contributed by atoms with van der Waals surface area (Å²) < 4.78 is 43.0. The van der Waals surface area contributed by atoms with Crippen LogP contribution in [-0.2, 0) is 27.0 Å². The van der Waals surface area contributed by atoms with Crippen LogP contribution in [0, 0.1) is 0 Å². The molecule has 0 bridgehead atoms. The molecule has 0 radical (unpaired) electrons. The van der Waals surface area contributed by atoms with Crippen LogP contribution in [0.2, 0.25) is 5.02 Å². The molecule has 0 saturated heterocycles. The van der Waals surface area contributed by atoms with Gasteiger partial charge in [0.1, 0.15) is 0 Å². The number of benzene rings is 1. The Morgan fingerprint density at radius 2 is 2.00 bits per heavy atom. The van der Waals surface area contributed by atoms with Crippen molar-refractivity contribution in [2.75, 3.05) is 13.7 Å². The Morgan fingerprint density at radius 3 is 2.48 bits per heavy atom. The summed E-state index contributed by atoms with van der Waals surface area (Å²) in [6.45, 7) is 1.27. The van der Waals surface area contributed by atoms with Crippen LogP contribution in [0.15, 0.2) is 18.2 Å². The molecule has 0 saturated carbocycles. The van der Waals surface area contributed by atoms with E-state index < -0.39 is 34.7 Å². The van der Waals surface area contributed by atoms with Gasteiger partial charge in [-0.25, -0.2) is 4.79 Å². The minimum absolute atomic E-state index is 0.0132. The van der Waals surface area contributed by atoms with Crippen LogP contribution in [-0.4, -0.2) is 36.5 Å². The highest BCUT2D eigenvalue weighted by Crippen LogP contribution is 2.36. The Balaban J connectivity index is 3.19. The number of carbonyl (C=O) groups excluding carboxylic acids is 2. The van der Waals surface area contributed by atoms with Gasteiger partial charge in [0.25, 0.3) is 0 Å². The summed E-state index contributed by atoms with van der Waals surface area (Å²) in [4.78, 5) is 24.4. The second kappa shape index (κ2) is 7.65. The fourth-order valence-corrected chi connectivity index (χ4v) is 2.16. The van der Waals surface area contributed by atoms with E-state index in [-0.39, 0.29) is 18.7 Å². The number of esters is 1. The first-order valence-corrected chi connectivity index (χ1v) is 6.94. The maximum absolute atomic E-state index is 12.9. The molecule has 0 aromatic heterocycles. The van der Waals surface area contributed by atoms with E-state index in [2.05, 4.69) is 4.74 Å². The van der Waals surface area contributed by atoms with E-state index in [9.17, 15) is 22.8 Å². The Labute approximate surface area is 136 Å². The zero-order valence-electron chi connectivity index (χ0n) is 12.5. The molecule has 0 aliphatic rings. The number of amides is 1. The number of halogens is 4. The molecule has 0 fully saturated rings. The van der Waals surface area contributed by atoms with E-state index in [4.69, 9.17) is 17.3 Å². The monoisotopic (exact) mass is 352 g/mol. The molecule has 2 N–H and O–H groups in total. The van der Waals surface area contributed by atoms with Crippen LogP contribution in [0.4, 0.5) is 13.2 Å². The predicted molar refractivity (Wildman–Crippen MR) is 77.5 cm³/mol. The van der Waals surface area contributed by atoms with Crippen molar-refractivity contribution < 1.29 is 27.5 Å². The van der Waals surface area contributed by atoms with Gasteiger partial charge in [-0.2, -0.15) is 13.2 Å². The van der Waals surface area contributed by atoms with Crippen LogP contribution >= 0.6 is 11.6 Å². The summed E-state index contributed by atoms with van der Waals surface area (Å²) in [5.74, 6) is -2.13. The van der Waals surface area contributed by atoms with Gasteiger partial charge in [0.2, 0.25) is 0 Å². The third-order valence-corrected chi connectivity index (χ3v) is 3.67. The predicted octanol–water partition coefficient (Wildman–Crippen LogP) is 2.21. The first kappa shape index (κ1) is 19.2. The van der Waals surface area contributed by atoms with Gasteiger partial charge >= 0.3 is 18.1 Å². The highest BCUT2D eigenvalue weighted by Gasteiger charge is 2.35. The highest BCUT2D eigenvalue weighted by atomic mass is 35.5. The molecular formula is C14H16ClF3N2O3. The topological polar surface area (TPSA) is 72.6 Å². The van der Waals surface area contributed by atoms with Crippen molar-refractivity contribution in [3.8, 4) is 0 Å². The Bertz CT molecular complexity index is 593. The van der Waals surface area contributed by atoms with E-state index in [1.165, 1.54) is 12.1 Å². The quantitative estimate of drug-likeness (QED) is 0.666. The van der Waals surface area contributed by atoms with E-state index >= 15 is 0 Å². The summed E-state index contributed by atoms with van der Waals surface area (Å²) in [6, 6.07) is 2.77. The van der Waals surface area contributed by atoms with Crippen LogP contribution in [0.25, 0.3) is 0 Å². The average Bonchev–Trinajstić information content (AvgIpc) is 2.50. The third kappa shape index (κ3) is 4.59. The smallest absolute Gasteiger partial charge is 0.417 e. The number of hydrogen-bond acceptors (Lipinski definition) is 4. The average molecular weight is 353 g/mol. The summed E-state index contributed by atoms with van der Waals surface area (Å²) in [7, 11) is 1.03. The lowest BCUT2D eigenvalue weighted by Gasteiger charge is -2.28. The lowest BCUT2D eigenvalue weighted by atomic mass is 10.1. The molecular weight excluding hydrogens is 337 g/mol.